The van der Waals surface area contributed by atoms with Gasteiger partial charge in [-0.15, -0.1) is 10.2 Å². The summed E-state index contributed by atoms with van der Waals surface area (Å²) in [6, 6.07) is 17.6. The highest BCUT2D eigenvalue weighted by Crippen LogP contribution is 2.32. The number of para-hydroxylation sites is 2. The number of piperidine rings is 1. The van der Waals surface area contributed by atoms with Crippen molar-refractivity contribution in [1.29, 1.82) is 0 Å². The van der Waals surface area contributed by atoms with E-state index in [4.69, 9.17) is 0 Å². The van der Waals surface area contributed by atoms with Crippen LogP contribution in [-0.2, 0) is 22.7 Å². The van der Waals surface area contributed by atoms with Crippen LogP contribution in [0.4, 0.5) is 11.4 Å². The van der Waals surface area contributed by atoms with Crippen LogP contribution >= 0.6 is 11.8 Å². The summed E-state index contributed by atoms with van der Waals surface area (Å²) in [7, 11) is 0. The number of nitrogens with zero attached hydrogens (tertiary/aromatic N) is 5. The summed E-state index contributed by atoms with van der Waals surface area (Å²) < 4.78 is 2.13. The van der Waals surface area contributed by atoms with Crippen molar-refractivity contribution in [2.45, 2.75) is 49.7 Å². The van der Waals surface area contributed by atoms with Gasteiger partial charge in [-0.05, 0) is 50.6 Å². The van der Waals surface area contributed by atoms with Crippen LogP contribution in [0.25, 0.3) is 0 Å². The van der Waals surface area contributed by atoms with Crippen LogP contribution in [0.2, 0.25) is 0 Å². The second kappa shape index (κ2) is 10.6. The summed E-state index contributed by atoms with van der Waals surface area (Å²) in [5.41, 5.74) is 2.54. The molecule has 0 saturated carbocycles. The number of carbonyl (C=O) groups is 2. The van der Waals surface area contributed by atoms with Crippen LogP contribution in [0.3, 0.4) is 0 Å². The zero-order chi connectivity index (χ0) is 24.2. The minimum atomic E-state index is -0.435. The molecule has 5 rings (SSSR count). The molecule has 182 valence electrons. The monoisotopic (exact) mass is 490 g/mol. The molecule has 2 aliphatic heterocycles. The number of rotatable bonds is 7. The smallest absolute Gasteiger partial charge is 0.244 e. The molecule has 35 heavy (non-hydrogen) atoms. The van der Waals surface area contributed by atoms with Gasteiger partial charge in [-0.1, -0.05) is 60.6 Å². The van der Waals surface area contributed by atoms with Gasteiger partial charge < -0.3 is 9.88 Å². The summed E-state index contributed by atoms with van der Waals surface area (Å²) in [4.78, 5) is 29.7. The van der Waals surface area contributed by atoms with Crippen LogP contribution in [0.15, 0.2) is 59.8 Å². The highest BCUT2D eigenvalue weighted by atomic mass is 32.2. The summed E-state index contributed by atoms with van der Waals surface area (Å²) in [5, 5.41) is 12.2. The first-order valence-electron chi connectivity index (χ1n) is 12.1. The topological polar surface area (TPSA) is 83.4 Å². The van der Waals surface area contributed by atoms with Gasteiger partial charge in [0.25, 0.3) is 0 Å². The molecule has 1 atom stereocenters. The van der Waals surface area contributed by atoms with E-state index in [1.54, 1.807) is 4.90 Å². The molecule has 9 heteroatoms. The van der Waals surface area contributed by atoms with E-state index in [1.165, 1.54) is 31.0 Å². The number of thioether (sulfide) groups is 1. The average Bonchev–Trinajstić information content (AvgIpc) is 3.24. The quantitative estimate of drug-likeness (QED) is 0.508. The number of fused-ring (bicyclic) bond motifs is 1. The summed E-state index contributed by atoms with van der Waals surface area (Å²) in [6.07, 6.45) is 3.71. The van der Waals surface area contributed by atoms with E-state index in [0.29, 0.717) is 12.2 Å². The number of nitrogens with one attached hydrogen (secondary N) is 1. The number of hydrogen-bond acceptors (Lipinski definition) is 6. The predicted molar refractivity (Wildman–Crippen MR) is 137 cm³/mol. The van der Waals surface area contributed by atoms with Gasteiger partial charge in [-0.2, -0.15) is 0 Å². The standard InChI is InChI=1S/C26H30N6O2S/c1-19(25(34)31-18-24(33)27-21-12-6-7-13-22(21)31)35-26-29-28-23(17-30-14-8-3-9-15-30)32(26)16-20-10-4-2-5-11-20/h2,4-7,10-13,19H,3,8-9,14-18H2,1H3,(H,27,33). The summed E-state index contributed by atoms with van der Waals surface area (Å²) in [5.74, 6) is 0.607. The fourth-order valence-electron chi connectivity index (χ4n) is 4.62. The van der Waals surface area contributed by atoms with Crippen molar-refractivity contribution >= 4 is 35.0 Å². The normalized spacial score (nSPS) is 17.1. The first kappa shape index (κ1) is 23.6. The molecule has 1 aromatic heterocycles. The molecule has 0 aliphatic carbocycles. The van der Waals surface area contributed by atoms with Crippen molar-refractivity contribution in [1.82, 2.24) is 19.7 Å². The van der Waals surface area contributed by atoms with Crippen LogP contribution in [0.1, 0.15) is 37.6 Å². The average molecular weight is 491 g/mol. The Morgan fingerprint density at radius 2 is 1.74 bits per heavy atom. The van der Waals surface area contributed by atoms with E-state index in [0.717, 1.165) is 41.9 Å². The van der Waals surface area contributed by atoms with Crippen LogP contribution in [0, 0.1) is 0 Å². The van der Waals surface area contributed by atoms with E-state index in [1.807, 2.05) is 49.4 Å². The molecule has 2 aliphatic rings. The lowest BCUT2D eigenvalue weighted by molar-refractivity contribution is -0.121. The van der Waals surface area contributed by atoms with E-state index in [-0.39, 0.29) is 18.4 Å². The number of likely N-dealkylation sites (tertiary alicyclic amines) is 1. The molecule has 0 spiro atoms. The molecule has 3 aromatic rings. The first-order chi connectivity index (χ1) is 17.1. The zero-order valence-electron chi connectivity index (χ0n) is 19.9. The Morgan fingerprint density at radius 3 is 2.54 bits per heavy atom. The SMILES string of the molecule is CC(Sc1nnc(CN2CCCCC2)n1Cc1ccccc1)C(=O)N1CC(=O)Nc2ccccc21. The van der Waals surface area contributed by atoms with E-state index < -0.39 is 5.25 Å². The Balaban J connectivity index is 1.38. The molecule has 0 bridgehead atoms. The van der Waals surface area contributed by atoms with Crippen LogP contribution < -0.4 is 10.2 Å². The lowest BCUT2D eigenvalue weighted by Gasteiger charge is -2.30. The van der Waals surface area contributed by atoms with Crippen LogP contribution in [-0.4, -0.2) is 56.4 Å². The molecular weight excluding hydrogens is 460 g/mol. The molecular formula is C26H30N6O2S. The third-order valence-electron chi connectivity index (χ3n) is 6.46. The fourth-order valence-corrected chi connectivity index (χ4v) is 5.55. The number of aromatic nitrogens is 3. The van der Waals surface area contributed by atoms with Gasteiger partial charge in [-0.3, -0.25) is 19.4 Å². The van der Waals surface area contributed by atoms with Crippen molar-refractivity contribution < 1.29 is 9.59 Å². The number of carbonyl (C=O) groups excluding carboxylic acids is 2. The van der Waals surface area contributed by atoms with Crippen LogP contribution in [0.5, 0.6) is 0 Å². The number of benzene rings is 2. The number of anilines is 2. The molecule has 1 saturated heterocycles. The lowest BCUT2D eigenvalue weighted by Crippen LogP contribution is -2.45. The molecule has 1 fully saturated rings. The minimum Gasteiger partial charge on any atom is -0.323 e. The number of amides is 2. The Bertz CT molecular complexity index is 1190. The van der Waals surface area contributed by atoms with Crippen molar-refractivity contribution in [3.63, 3.8) is 0 Å². The Labute approximate surface area is 209 Å². The van der Waals surface area contributed by atoms with Crippen molar-refractivity contribution in [3.05, 3.63) is 66.0 Å². The highest BCUT2D eigenvalue weighted by Gasteiger charge is 2.31. The predicted octanol–water partition coefficient (Wildman–Crippen LogP) is 3.78. The van der Waals surface area contributed by atoms with Gasteiger partial charge >= 0.3 is 0 Å². The van der Waals surface area contributed by atoms with E-state index in [9.17, 15) is 9.59 Å². The molecule has 2 amide bonds. The first-order valence-corrected chi connectivity index (χ1v) is 13.0. The second-order valence-electron chi connectivity index (χ2n) is 9.06. The Kier molecular flexibility index (Phi) is 7.15. The molecule has 8 nitrogen and oxygen atoms in total. The third-order valence-corrected chi connectivity index (χ3v) is 7.53. The highest BCUT2D eigenvalue weighted by molar-refractivity contribution is 8.00. The van der Waals surface area contributed by atoms with Gasteiger partial charge in [0.1, 0.15) is 12.4 Å². The van der Waals surface area contributed by atoms with Gasteiger partial charge in [-0.25, -0.2) is 0 Å². The van der Waals surface area contributed by atoms with E-state index in [2.05, 4.69) is 37.1 Å². The van der Waals surface area contributed by atoms with E-state index >= 15 is 0 Å². The van der Waals surface area contributed by atoms with Gasteiger partial charge in [0, 0.05) is 0 Å². The van der Waals surface area contributed by atoms with Crippen molar-refractivity contribution in [2.24, 2.45) is 0 Å². The van der Waals surface area contributed by atoms with Gasteiger partial charge in [0.2, 0.25) is 11.8 Å². The summed E-state index contributed by atoms with van der Waals surface area (Å²) in [6.45, 7) is 5.43. The molecule has 1 unspecified atom stereocenters. The number of hydrogen-bond donors (Lipinski definition) is 1. The largest absolute Gasteiger partial charge is 0.323 e. The Morgan fingerprint density at radius 1 is 1.00 bits per heavy atom. The maximum atomic E-state index is 13.5. The molecule has 2 aromatic carbocycles. The zero-order valence-corrected chi connectivity index (χ0v) is 20.7. The van der Waals surface area contributed by atoms with Gasteiger partial charge in [0.15, 0.2) is 5.16 Å². The lowest BCUT2D eigenvalue weighted by atomic mass is 10.1. The molecule has 1 N–H and O–H groups in total. The fraction of sp³-hybridized carbons (Fsp3) is 0.385. The second-order valence-corrected chi connectivity index (χ2v) is 10.4. The summed E-state index contributed by atoms with van der Waals surface area (Å²) >= 11 is 1.40. The molecule has 0 radical (unpaired) electrons. The molecule has 3 heterocycles. The third kappa shape index (κ3) is 5.41. The Hall–Kier alpha value is -3.17. The van der Waals surface area contributed by atoms with Crippen molar-refractivity contribution in [3.8, 4) is 0 Å². The maximum Gasteiger partial charge on any atom is 0.244 e. The minimum absolute atomic E-state index is 0.0116. The van der Waals surface area contributed by atoms with Gasteiger partial charge in [0.05, 0.1) is 29.7 Å². The maximum absolute atomic E-state index is 13.5. The van der Waals surface area contributed by atoms with Crippen molar-refractivity contribution in [2.75, 3.05) is 29.9 Å².